The second-order valence-corrected chi connectivity index (χ2v) is 4.50. The van der Waals surface area contributed by atoms with E-state index in [0.717, 1.165) is 12.8 Å². The Kier molecular flexibility index (Phi) is 3.50. The summed E-state index contributed by atoms with van der Waals surface area (Å²) >= 11 is 0. The Morgan fingerprint density at radius 1 is 1.28 bits per heavy atom. The van der Waals surface area contributed by atoms with Gasteiger partial charge >= 0.3 is 0 Å². The van der Waals surface area contributed by atoms with Gasteiger partial charge in [-0.05, 0) is 25.0 Å². The minimum Gasteiger partial charge on any atom is -0.300 e. The smallest absolute Gasteiger partial charge is 0.269 e. The SMILES string of the molecule is O=C1CCCC(C(=O)c2ccc([N+](=O)[O-])cc2)C1. The number of non-ortho nitro benzene ring substituents is 1. The van der Waals surface area contributed by atoms with Gasteiger partial charge in [-0.2, -0.15) is 0 Å². The zero-order valence-corrected chi connectivity index (χ0v) is 9.80. The van der Waals surface area contributed by atoms with Gasteiger partial charge in [0.25, 0.3) is 5.69 Å². The molecule has 0 amide bonds. The Morgan fingerprint density at radius 3 is 2.50 bits per heavy atom. The molecule has 0 radical (unpaired) electrons. The van der Waals surface area contributed by atoms with Crippen LogP contribution in [0, 0.1) is 16.0 Å². The normalized spacial score (nSPS) is 19.6. The third kappa shape index (κ3) is 2.61. The fourth-order valence-electron chi connectivity index (χ4n) is 2.23. The summed E-state index contributed by atoms with van der Waals surface area (Å²) in [6.45, 7) is 0. The van der Waals surface area contributed by atoms with Crippen molar-refractivity contribution in [1.82, 2.24) is 0 Å². The average Bonchev–Trinajstić information content (AvgIpc) is 2.38. The highest BCUT2D eigenvalue weighted by atomic mass is 16.6. The first-order valence-corrected chi connectivity index (χ1v) is 5.88. The summed E-state index contributed by atoms with van der Waals surface area (Å²) in [6.07, 6.45) is 2.34. The minimum atomic E-state index is -0.502. The van der Waals surface area contributed by atoms with Gasteiger partial charge in [-0.1, -0.05) is 0 Å². The fraction of sp³-hybridized carbons (Fsp3) is 0.385. The molecule has 0 N–H and O–H groups in total. The standard InChI is InChI=1S/C13H13NO4/c15-12-3-1-2-10(8-12)13(16)9-4-6-11(7-5-9)14(17)18/h4-7,10H,1-3,8H2. The molecular weight excluding hydrogens is 234 g/mol. The number of hydrogen-bond acceptors (Lipinski definition) is 4. The summed E-state index contributed by atoms with van der Waals surface area (Å²) in [5.74, 6) is -0.216. The van der Waals surface area contributed by atoms with Crippen LogP contribution in [0.2, 0.25) is 0 Å². The summed E-state index contributed by atoms with van der Waals surface area (Å²) in [5, 5.41) is 10.5. The second-order valence-electron chi connectivity index (χ2n) is 4.50. The van der Waals surface area contributed by atoms with Gasteiger partial charge in [0, 0.05) is 36.5 Å². The molecular formula is C13H13NO4. The molecule has 1 saturated carbocycles. The maximum atomic E-state index is 12.1. The van der Waals surface area contributed by atoms with Crippen molar-refractivity contribution in [3.05, 3.63) is 39.9 Å². The molecule has 1 aliphatic rings. The number of carbonyl (C=O) groups excluding carboxylic acids is 2. The summed E-state index contributed by atoms with van der Waals surface area (Å²) in [4.78, 5) is 33.4. The van der Waals surface area contributed by atoms with Gasteiger partial charge < -0.3 is 0 Å². The lowest BCUT2D eigenvalue weighted by Gasteiger charge is -2.19. The van der Waals surface area contributed by atoms with Gasteiger partial charge in [-0.25, -0.2) is 0 Å². The van der Waals surface area contributed by atoms with Crippen LogP contribution in [0.3, 0.4) is 0 Å². The van der Waals surface area contributed by atoms with Gasteiger partial charge in [0.1, 0.15) is 5.78 Å². The summed E-state index contributed by atoms with van der Waals surface area (Å²) in [6, 6.07) is 5.55. The van der Waals surface area contributed by atoms with E-state index in [4.69, 9.17) is 0 Å². The minimum absolute atomic E-state index is 0.0359. The van der Waals surface area contributed by atoms with Crippen LogP contribution >= 0.6 is 0 Å². The molecule has 5 nitrogen and oxygen atoms in total. The van der Waals surface area contributed by atoms with Gasteiger partial charge in [-0.3, -0.25) is 19.7 Å². The molecule has 0 heterocycles. The van der Waals surface area contributed by atoms with E-state index in [1.54, 1.807) is 0 Å². The van der Waals surface area contributed by atoms with Crippen molar-refractivity contribution >= 4 is 17.3 Å². The Labute approximate surface area is 104 Å². The molecule has 2 rings (SSSR count). The number of nitro benzene ring substituents is 1. The van der Waals surface area contributed by atoms with Crippen LogP contribution in [-0.2, 0) is 4.79 Å². The van der Waals surface area contributed by atoms with Crippen molar-refractivity contribution in [1.29, 1.82) is 0 Å². The first-order valence-electron chi connectivity index (χ1n) is 5.88. The van der Waals surface area contributed by atoms with Crippen molar-refractivity contribution in [2.24, 2.45) is 5.92 Å². The first kappa shape index (κ1) is 12.4. The number of rotatable bonds is 3. The summed E-state index contributed by atoms with van der Waals surface area (Å²) in [7, 11) is 0. The van der Waals surface area contributed by atoms with Gasteiger partial charge in [0.05, 0.1) is 4.92 Å². The van der Waals surface area contributed by atoms with Gasteiger partial charge in [0.2, 0.25) is 0 Å². The number of nitro groups is 1. The Bertz CT molecular complexity index is 492. The van der Waals surface area contributed by atoms with Gasteiger partial charge in [-0.15, -0.1) is 0 Å². The molecule has 1 unspecified atom stereocenters. The van der Waals surface area contributed by atoms with Crippen molar-refractivity contribution in [2.45, 2.75) is 25.7 Å². The van der Waals surface area contributed by atoms with Crippen LogP contribution in [0.15, 0.2) is 24.3 Å². The number of Topliss-reactive ketones (excluding diaryl/α,β-unsaturated/α-hetero) is 2. The molecule has 0 saturated heterocycles. The zero-order valence-electron chi connectivity index (χ0n) is 9.80. The predicted octanol–water partition coefficient (Wildman–Crippen LogP) is 2.54. The highest BCUT2D eigenvalue weighted by Gasteiger charge is 2.26. The topological polar surface area (TPSA) is 77.3 Å². The van der Waals surface area contributed by atoms with E-state index in [9.17, 15) is 19.7 Å². The lowest BCUT2D eigenvalue weighted by Crippen LogP contribution is -2.22. The number of nitrogens with zero attached hydrogens (tertiary/aromatic N) is 1. The van der Waals surface area contributed by atoms with Crippen LogP contribution in [0.1, 0.15) is 36.0 Å². The largest absolute Gasteiger partial charge is 0.300 e. The molecule has 0 aliphatic heterocycles. The van der Waals surface area contributed by atoms with Crippen molar-refractivity contribution < 1.29 is 14.5 Å². The van der Waals surface area contributed by atoms with Crippen molar-refractivity contribution in [3.8, 4) is 0 Å². The van der Waals surface area contributed by atoms with Gasteiger partial charge in [0.15, 0.2) is 5.78 Å². The summed E-state index contributed by atoms with van der Waals surface area (Å²) in [5.41, 5.74) is 0.409. The third-order valence-corrected chi connectivity index (χ3v) is 3.22. The van der Waals surface area contributed by atoms with E-state index in [1.165, 1.54) is 24.3 Å². The van der Waals surface area contributed by atoms with E-state index < -0.39 is 4.92 Å². The van der Waals surface area contributed by atoms with E-state index in [0.29, 0.717) is 18.4 Å². The van der Waals surface area contributed by atoms with Crippen LogP contribution < -0.4 is 0 Å². The van der Waals surface area contributed by atoms with Crippen molar-refractivity contribution in [3.63, 3.8) is 0 Å². The third-order valence-electron chi connectivity index (χ3n) is 3.22. The Morgan fingerprint density at radius 2 is 1.94 bits per heavy atom. The lowest BCUT2D eigenvalue weighted by molar-refractivity contribution is -0.384. The Balaban J connectivity index is 2.13. The van der Waals surface area contributed by atoms with E-state index in [1.807, 2.05) is 0 Å². The molecule has 1 fully saturated rings. The zero-order chi connectivity index (χ0) is 13.1. The maximum Gasteiger partial charge on any atom is 0.269 e. The van der Waals surface area contributed by atoms with Crippen molar-refractivity contribution in [2.75, 3.05) is 0 Å². The van der Waals surface area contributed by atoms with Crippen LogP contribution in [0.5, 0.6) is 0 Å². The van der Waals surface area contributed by atoms with Crippen LogP contribution in [0.25, 0.3) is 0 Å². The number of hydrogen-bond donors (Lipinski definition) is 0. The number of benzene rings is 1. The van der Waals surface area contributed by atoms with Crippen LogP contribution in [-0.4, -0.2) is 16.5 Å². The van der Waals surface area contributed by atoms with Crippen LogP contribution in [0.4, 0.5) is 5.69 Å². The molecule has 0 aromatic heterocycles. The first-order chi connectivity index (χ1) is 8.58. The van der Waals surface area contributed by atoms with E-state index in [-0.39, 0.29) is 23.2 Å². The Hall–Kier alpha value is -2.04. The second kappa shape index (κ2) is 5.08. The highest BCUT2D eigenvalue weighted by Crippen LogP contribution is 2.25. The fourth-order valence-corrected chi connectivity index (χ4v) is 2.23. The highest BCUT2D eigenvalue weighted by molar-refractivity contribution is 6.00. The molecule has 1 aliphatic carbocycles. The number of carbonyl (C=O) groups is 2. The lowest BCUT2D eigenvalue weighted by atomic mass is 9.83. The molecule has 5 heteroatoms. The van der Waals surface area contributed by atoms with E-state index in [2.05, 4.69) is 0 Å². The van der Waals surface area contributed by atoms with E-state index >= 15 is 0 Å². The molecule has 94 valence electrons. The quantitative estimate of drug-likeness (QED) is 0.467. The molecule has 1 aromatic rings. The molecule has 1 aromatic carbocycles. The number of ketones is 2. The maximum absolute atomic E-state index is 12.1. The molecule has 1 atom stereocenters. The molecule has 0 spiro atoms. The molecule has 18 heavy (non-hydrogen) atoms. The monoisotopic (exact) mass is 247 g/mol. The molecule has 0 bridgehead atoms. The average molecular weight is 247 g/mol. The predicted molar refractivity (Wildman–Crippen MR) is 64.4 cm³/mol. The summed E-state index contributed by atoms with van der Waals surface area (Å²) < 4.78 is 0.